The molecule has 6 nitrogen and oxygen atoms in total. The van der Waals surface area contributed by atoms with Gasteiger partial charge >= 0.3 is 6.01 Å². The lowest BCUT2D eigenvalue weighted by atomic mass is 10.2. The van der Waals surface area contributed by atoms with Gasteiger partial charge in [0, 0.05) is 12.4 Å². The van der Waals surface area contributed by atoms with Crippen LogP contribution in [0, 0.1) is 5.82 Å². The number of aromatic nitrogens is 4. The summed E-state index contributed by atoms with van der Waals surface area (Å²) >= 11 is 0. The molecule has 2 N–H and O–H groups in total. The fourth-order valence-electron chi connectivity index (χ4n) is 1.96. The van der Waals surface area contributed by atoms with Crippen LogP contribution in [0.3, 0.4) is 0 Å². The van der Waals surface area contributed by atoms with Crippen molar-refractivity contribution < 1.29 is 9.13 Å². The summed E-state index contributed by atoms with van der Waals surface area (Å²) in [5.74, 6) is -0.901. The molecule has 0 atom stereocenters. The number of nitrogens with zero attached hydrogens (tertiary/aromatic N) is 4. The van der Waals surface area contributed by atoms with Gasteiger partial charge in [0.1, 0.15) is 12.3 Å². The molecule has 2 heterocycles. The molecule has 0 amide bonds. The van der Waals surface area contributed by atoms with Gasteiger partial charge in [0.2, 0.25) is 0 Å². The number of benzene rings is 1. The van der Waals surface area contributed by atoms with E-state index in [0.717, 1.165) is 22.8 Å². The minimum atomic E-state index is -0.666. The van der Waals surface area contributed by atoms with Crippen LogP contribution in [-0.4, -0.2) is 19.7 Å². The molecule has 3 aromatic rings. The average Bonchev–Trinajstić information content (AvgIpc) is 2.78. The van der Waals surface area contributed by atoms with E-state index in [1.54, 1.807) is 4.68 Å². The molecule has 0 saturated carbocycles. The molecule has 3 rings (SSSR count). The molecule has 1 aromatic carbocycles. The number of halogens is 1. The predicted octanol–water partition coefficient (Wildman–Crippen LogP) is 1.66. The van der Waals surface area contributed by atoms with Crippen LogP contribution in [-0.2, 0) is 13.7 Å². The van der Waals surface area contributed by atoms with Crippen LogP contribution >= 0.6 is 0 Å². The number of aryl methyl sites for hydroxylation is 1. The maximum atomic E-state index is 13.0. The Kier molecular flexibility index (Phi) is 2.94. The molecular weight excluding hydrogens is 261 g/mol. The van der Waals surface area contributed by atoms with Crippen LogP contribution in [0.5, 0.6) is 6.01 Å². The van der Waals surface area contributed by atoms with Crippen LogP contribution in [0.2, 0.25) is 0 Å². The third-order valence-corrected chi connectivity index (χ3v) is 2.92. The molecule has 0 radical (unpaired) electrons. The van der Waals surface area contributed by atoms with Crippen molar-refractivity contribution in [2.75, 3.05) is 5.73 Å². The maximum absolute atomic E-state index is 13.0. The van der Waals surface area contributed by atoms with E-state index in [0.29, 0.717) is 0 Å². The number of nitrogen functional groups attached to an aromatic ring is 1. The molecule has 7 heteroatoms. The van der Waals surface area contributed by atoms with Gasteiger partial charge in [0.15, 0.2) is 11.6 Å². The molecule has 0 fully saturated rings. The third-order valence-electron chi connectivity index (χ3n) is 2.92. The first-order chi connectivity index (χ1) is 9.65. The second-order valence-corrected chi connectivity index (χ2v) is 4.26. The van der Waals surface area contributed by atoms with E-state index in [1.807, 2.05) is 31.3 Å². The Labute approximate surface area is 114 Å². The molecule has 0 aliphatic carbocycles. The minimum Gasteiger partial charge on any atom is -0.457 e. The van der Waals surface area contributed by atoms with Crippen LogP contribution in [0.25, 0.3) is 10.9 Å². The van der Waals surface area contributed by atoms with E-state index in [-0.39, 0.29) is 18.4 Å². The highest BCUT2D eigenvalue weighted by molar-refractivity contribution is 5.81. The zero-order valence-corrected chi connectivity index (χ0v) is 10.7. The van der Waals surface area contributed by atoms with Crippen LogP contribution in [0.15, 0.2) is 30.5 Å². The highest BCUT2D eigenvalue weighted by Gasteiger charge is 2.10. The summed E-state index contributed by atoms with van der Waals surface area (Å²) in [5.41, 5.74) is 7.12. The molecule has 20 heavy (non-hydrogen) atoms. The smallest absolute Gasteiger partial charge is 0.318 e. The van der Waals surface area contributed by atoms with E-state index in [1.165, 1.54) is 0 Å². The number of fused-ring (bicyclic) bond motifs is 1. The van der Waals surface area contributed by atoms with E-state index in [4.69, 9.17) is 10.5 Å². The van der Waals surface area contributed by atoms with Crippen molar-refractivity contribution in [2.24, 2.45) is 7.05 Å². The first-order valence-corrected chi connectivity index (χ1v) is 5.96. The van der Waals surface area contributed by atoms with Gasteiger partial charge < -0.3 is 10.5 Å². The lowest BCUT2D eigenvalue weighted by Crippen LogP contribution is -2.04. The monoisotopic (exact) mass is 273 g/mol. The van der Waals surface area contributed by atoms with Gasteiger partial charge in [-0.05, 0) is 6.07 Å². The van der Waals surface area contributed by atoms with Crippen molar-refractivity contribution in [3.63, 3.8) is 0 Å². The van der Waals surface area contributed by atoms with Crippen molar-refractivity contribution in [3.8, 4) is 6.01 Å². The van der Waals surface area contributed by atoms with E-state index in [9.17, 15) is 4.39 Å². The Morgan fingerprint density at radius 2 is 2.15 bits per heavy atom. The van der Waals surface area contributed by atoms with Gasteiger partial charge in [-0.2, -0.15) is 10.1 Å². The Balaban J connectivity index is 1.85. The SMILES string of the molecule is Cn1nc(COc2ncc(F)c(N)n2)c2ccccc21. The molecule has 0 saturated heterocycles. The largest absolute Gasteiger partial charge is 0.457 e. The van der Waals surface area contributed by atoms with Gasteiger partial charge in [-0.3, -0.25) is 4.68 Å². The molecule has 2 aromatic heterocycles. The lowest BCUT2D eigenvalue weighted by Gasteiger charge is -2.03. The molecule has 0 aliphatic heterocycles. The summed E-state index contributed by atoms with van der Waals surface area (Å²) in [5, 5.41) is 5.37. The Morgan fingerprint density at radius 1 is 1.35 bits per heavy atom. The summed E-state index contributed by atoms with van der Waals surface area (Å²) in [6.45, 7) is 0.187. The molecule has 0 aliphatic rings. The number of anilines is 1. The minimum absolute atomic E-state index is 0.0265. The quantitative estimate of drug-likeness (QED) is 0.785. The summed E-state index contributed by atoms with van der Waals surface area (Å²) < 4.78 is 20.1. The third kappa shape index (κ3) is 2.13. The van der Waals surface area contributed by atoms with Crippen LogP contribution < -0.4 is 10.5 Å². The second kappa shape index (κ2) is 4.76. The maximum Gasteiger partial charge on any atom is 0.318 e. The van der Waals surface area contributed by atoms with Gasteiger partial charge in [-0.25, -0.2) is 9.37 Å². The number of hydrogen-bond acceptors (Lipinski definition) is 5. The predicted molar refractivity (Wildman–Crippen MR) is 71.4 cm³/mol. The van der Waals surface area contributed by atoms with Gasteiger partial charge in [-0.1, -0.05) is 18.2 Å². The summed E-state index contributed by atoms with van der Waals surface area (Å²) in [4.78, 5) is 7.43. The van der Waals surface area contributed by atoms with E-state index >= 15 is 0 Å². The molecular formula is C13H12FN5O. The molecule has 102 valence electrons. The highest BCUT2D eigenvalue weighted by atomic mass is 19.1. The number of nitrogens with two attached hydrogens (primary N) is 1. The lowest BCUT2D eigenvalue weighted by molar-refractivity contribution is 0.276. The average molecular weight is 273 g/mol. The van der Waals surface area contributed by atoms with Gasteiger partial charge in [0.25, 0.3) is 0 Å². The summed E-state index contributed by atoms with van der Waals surface area (Å²) in [6, 6.07) is 7.83. The molecule has 0 unspecified atom stereocenters. The van der Waals surface area contributed by atoms with Crippen molar-refractivity contribution in [3.05, 3.63) is 42.0 Å². The first kappa shape index (κ1) is 12.3. The fraction of sp³-hybridized carbons (Fsp3) is 0.154. The van der Waals surface area contributed by atoms with Crippen molar-refractivity contribution in [2.45, 2.75) is 6.61 Å². The van der Waals surface area contributed by atoms with Gasteiger partial charge in [0.05, 0.1) is 11.7 Å². The summed E-state index contributed by atoms with van der Waals surface area (Å²) in [6.07, 6.45) is 0.980. The Bertz CT molecular complexity index is 771. The Hall–Kier alpha value is -2.70. The number of ether oxygens (including phenoxy) is 1. The van der Waals surface area contributed by atoms with Crippen LogP contribution in [0.1, 0.15) is 5.69 Å². The number of hydrogen-bond donors (Lipinski definition) is 1. The zero-order chi connectivity index (χ0) is 14.1. The van der Waals surface area contributed by atoms with E-state index in [2.05, 4.69) is 15.1 Å². The second-order valence-electron chi connectivity index (χ2n) is 4.26. The molecule has 0 bridgehead atoms. The highest BCUT2D eigenvalue weighted by Crippen LogP contribution is 2.19. The van der Waals surface area contributed by atoms with Crippen molar-refractivity contribution >= 4 is 16.7 Å². The normalized spacial score (nSPS) is 10.9. The van der Waals surface area contributed by atoms with Crippen molar-refractivity contribution in [1.82, 2.24) is 19.7 Å². The number of para-hydroxylation sites is 1. The molecule has 0 spiro atoms. The first-order valence-electron chi connectivity index (χ1n) is 5.96. The number of rotatable bonds is 3. The summed E-state index contributed by atoms with van der Waals surface area (Å²) in [7, 11) is 1.86. The fourth-order valence-corrected chi connectivity index (χ4v) is 1.96. The Morgan fingerprint density at radius 3 is 2.95 bits per heavy atom. The van der Waals surface area contributed by atoms with Crippen molar-refractivity contribution in [1.29, 1.82) is 0 Å². The van der Waals surface area contributed by atoms with E-state index < -0.39 is 5.82 Å². The standard InChI is InChI=1S/C13H12FN5O/c1-19-11-5-3-2-4-8(11)10(18-19)7-20-13-16-6-9(14)12(15)17-13/h2-6H,7H2,1H3,(H2,15,16,17). The van der Waals surface area contributed by atoms with Gasteiger partial charge in [-0.15, -0.1) is 0 Å². The van der Waals surface area contributed by atoms with Crippen LogP contribution in [0.4, 0.5) is 10.2 Å². The zero-order valence-electron chi connectivity index (χ0n) is 10.7. The topological polar surface area (TPSA) is 78.8 Å².